The second-order valence-electron chi connectivity index (χ2n) is 6.94. The van der Waals surface area contributed by atoms with Crippen LogP contribution in [0, 0.1) is 5.92 Å². The lowest BCUT2D eigenvalue weighted by atomic mass is 9.92. The van der Waals surface area contributed by atoms with Crippen LogP contribution in [0.25, 0.3) is 0 Å². The minimum absolute atomic E-state index is 0.104. The maximum Gasteiger partial charge on any atom is 0.220 e. The number of aromatic nitrogens is 3. The quantitative estimate of drug-likeness (QED) is 0.780. The largest absolute Gasteiger partial charge is 0.383 e. The number of carbonyl (C=O) groups is 1. The molecule has 0 unspecified atom stereocenters. The van der Waals surface area contributed by atoms with E-state index in [4.69, 9.17) is 4.74 Å². The molecule has 1 amide bonds. The van der Waals surface area contributed by atoms with Gasteiger partial charge < -0.3 is 19.5 Å². The van der Waals surface area contributed by atoms with Gasteiger partial charge in [-0.15, -0.1) is 10.2 Å². The molecule has 2 heterocycles. The molecule has 1 saturated heterocycles. The second kappa shape index (κ2) is 9.13. The SMILES string of the molecule is COCCn1cnnc1[C@@H](C)NC(=O)CC1CCN(C(C)C)CC1. The summed E-state index contributed by atoms with van der Waals surface area (Å²) in [7, 11) is 1.67. The average molecular weight is 337 g/mol. The summed E-state index contributed by atoms with van der Waals surface area (Å²) in [4.78, 5) is 14.8. The van der Waals surface area contributed by atoms with E-state index in [2.05, 4.69) is 34.3 Å². The van der Waals surface area contributed by atoms with Crippen LogP contribution in [-0.2, 0) is 16.1 Å². The van der Waals surface area contributed by atoms with Gasteiger partial charge in [0.05, 0.1) is 12.6 Å². The van der Waals surface area contributed by atoms with Gasteiger partial charge in [0.25, 0.3) is 0 Å². The predicted octanol–water partition coefficient (Wildman–Crippen LogP) is 1.61. The van der Waals surface area contributed by atoms with E-state index >= 15 is 0 Å². The highest BCUT2D eigenvalue weighted by atomic mass is 16.5. The van der Waals surface area contributed by atoms with Crippen molar-refractivity contribution in [1.29, 1.82) is 0 Å². The number of hydrogen-bond donors (Lipinski definition) is 1. The van der Waals surface area contributed by atoms with Crippen LogP contribution in [0.1, 0.15) is 51.9 Å². The van der Waals surface area contributed by atoms with E-state index in [0.717, 1.165) is 31.8 Å². The van der Waals surface area contributed by atoms with Crippen LogP contribution in [0.4, 0.5) is 0 Å². The Bertz CT molecular complexity index is 509. The van der Waals surface area contributed by atoms with E-state index in [1.54, 1.807) is 13.4 Å². The van der Waals surface area contributed by atoms with Crippen LogP contribution in [0.15, 0.2) is 6.33 Å². The molecule has 1 aromatic heterocycles. The van der Waals surface area contributed by atoms with Gasteiger partial charge in [-0.05, 0) is 52.6 Å². The summed E-state index contributed by atoms with van der Waals surface area (Å²) in [6.45, 7) is 9.88. The molecule has 1 aliphatic rings. The molecule has 136 valence electrons. The number of ether oxygens (including phenoxy) is 1. The molecule has 0 aliphatic carbocycles. The number of methoxy groups -OCH3 is 1. The van der Waals surface area contributed by atoms with Crippen LogP contribution in [0.2, 0.25) is 0 Å². The Morgan fingerprint density at radius 2 is 2.08 bits per heavy atom. The number of piperidine rings is 1. The van der Waals surface area contributed by atoms with E-state index < -0.39 is 0 Å². The first-order valence-electron chi connectivity index (χ1n) is 8.91. The normalized spacial score (nSPS) is 18.0. The summed E-state index contributed by atoms with van der Waals surface area (Å²) < 4.78 is 7.02. The van der Waals surface area contributed by atoms with E-state index in [1.165, 1.54) is 0 Å². The van der Waals surface area contributed by atoms with Gasteiger partial charge >= 0.3 is 0 Å². The minimum Gasteiger partial charge on any atom is -0.383 e. The lowest BCUT2D eigenvalue weighted by Crippen LogP contribution is -2.40. The number of carbonyl (C=O) groups excluding carboxylic acids is 1. The van der Waals surface area contributed by atoms with Crippen molar-refractivity contribution in [3.8, 4) is 0 Å². The first kappa shape index (κ1) is 18.9. The standard InChI is InChI=1S/C17H31N5O2/c1-13(2)21-7-5-15(6-8-21)11-16(23)19-14(3)17-20-18-12-22(17)9-10-24-4/h12-15H,5-11H2,1-4H3,(H,19,23)/t14-/m1/s1. The third kappa shape index (κ3) is 5.27. The van der Waals surface area contributed by atoms with Crippen molar-refractivity contribution < 1.29 is 9.53 Å². The Morgan fingerprint density at radius 3 is 2.71 bits per heavy atom. The number of nitrogens with one attached hydrogen (secondary N) is 1. The molecule has 0 radical (unpaired) electrons. The molecule has 1 atom stereocenters. The van der Waals surface area contributed by atoms with Crippen molar-refractivity contribution in [2.45, 2.75) is 58.7 Å². The van der Waals surface area contributed by atoms with E-state index in [0.29, 0.717) is 31.5 Å². The smallest absolute Gasteiger partial charge is 0.220 e. The first-order valence-corrected chi connectivity index (χ1v) is 8.91. The van der Waals surface area contributed by atoms with Gasteiger partial charge in [0.2, 0.25) is 5.91 Å². The summed E-state index contributed by atoms with van der Waals surface area (Å²) in [5.74, 6) is 1.36. The molecular formula is C17H31N5O2. The molecule has 0 aromatic carbocycles. The summed E-state index contributed by atoms with van der Waals surface area (Å²) in [6.07, 6.45) is 4.48. The highest BCUT2D eigenvalue weighted by Crippen LogP contribution is 2.22. The molecule has 7 nitrogen and oxygen atoms in total. The minimum atomic E-state index is -0.146. The molecular weight excluding hydrogens is 306 g/mol. The Morgan fingerprint density at radius 1 is 1.38 bits per heavy atom. The average Bonchev–Trinajstić information content (AvgIpc) is 3.01. The van der Waals surface area contributed by atoms with Crippen molar-refractivity contribution in [1.82, 2.24) is 25.0 Å². The highest BCUT2D eigenvalue weighted by Gasteiger charge is 2.24. The van der Waals surface area contributed by atoms with Crippen molar-refractivity contribution in [2.75, 3.05) is 26.8 Å². The van der Waals surface area contributed by atoms with Crippen LogP contribution in [-0.4, -0.2) is 58.4 Å². The molecule has 1 fully saturated rings. The first-order chi connectivity index (χ1) is 11.5. The highest BCUT2D eigenvalue weighted by molar-refractivity contribution is 5.76. The van der Waals surface area contributed by atoms with Gasteiger partial charge in [-0.2, -0.15) is 0 Å². The van der Waals surface area contributed by atoms with Gasteiger partial charge in [0.15, 0.2) is 5.82 Å². The van der Waals surface area contributed by atoms with Crippen molar-refractivity contribution in [3.63, 3.8) is 0 Å². The fraction of sp³-hybridized carbons (Fsp3) is 0.824. The maximum absolute atomic E-state index is 12.4. The Balaban J connectivity index is 1.79. The van der Waals surface area contributed by atoms with Gasteiger partial charge in [0.1, 0.15) is 6.33 Å². The lowest BCUT2D eigenvalue weighted by Gasteiger charge is -2.34. The summed E-state index contributed by atoms with van der Waals surface area (Å²) in [5.41, 5.74) is 0. The van der Waals surface area contributed by atoms with Crippen LogP contribution < -0.4 is 5.32 Å². The van der Waals surface area contributed by atoms with Crippen LogP contribution in [0.3, 0.4) is 0 Å². The maximum atomic E-state index is 12.4. The number of hydrogen-bond acceptors (Lipinski definition) is 5. The zero-order chi connectivity index (χ0) is 17.5. The van der Waals surface area contributed by atoms with Crippen LogP contribution in [0.5, 0.6) is 0 Å². The molecule has 1 N–H and O–H groups in total. The van der Waals surface area contributed by atoms with Gasteiger partial charge in [-0.3, -0.25) is 4.79 Å². The molecule has 2 rings (SSSR count). The Kier molecular flexibility index (Phi) is 7.17. The zero-order valence-corrected chi connectivity index (χ0v) is 15.4. The number of nitrogens with zero attached hydrogens (tertiary/aromatic N) is 4. The summed E-state index contributed by atoms with van der Waals surface area (Å²) in [6, 6.07) is 0.450. The summed E-state index contributed by atoms with van der Waals surface area (Å²) >= 11 is 0. The molecule has 1 aliphatic heterocycles. The van der Waals surface area contributed by atoms with Gasteiger partial charge in [-0.1, -0.05) is 0 Å². The van der Waals surface area contributed by atoms with Crippen LogP contribution >= 0.6 is 0 Å². The molecule has 7 heteroatoms. The third-order valence-electron chi connectivity index (χ3n) is 4.80. The van der Waals surface area contributed by atoms with E-state index in [-0.39, 0.29) is 11.9 Å². The Hall–Kier alpha value is -1.47. The fourth-order valence-electron chi connectivity index (χ4n) is 3.26. The third-order valence-corrected chi connectivity index (χ3v) is 4.80. The fourth-order valence-corrected chi connectivity index (χ4v) is 3.26. The number of rotatable bonds is 8. The van der Waals surface area contributed by atoms with Gasteiger partial charge in [-0.25, -0.2) is 0 Å². The van der Waals surface area contributed by atoms with Crippen molar-refractivity contribution >= 4 is 5.91 Å². The summed E-state index contributed by atoms with van der Waals surface area (Å²) in [5, 5.41) is 11.1. The lowest BCUT2D eigenvalue weighted by molar-refractivity contribution is -0.123. The van der Waals surface area contributed by atoms with E-state index in [1.807, 2.05) is 11.5 Å². The monoisotopic (exact) mass is 337 g/mol. The zero-order valence-electron chi connectivity index (χ0n) is 15.4. The second-order valence-corrected chi connectivity index (χ2v) is 6.94. The molecule has 24 heavy (non-hydrogen) atoms. The molecule has 1 aromatic rings. The van der Waals surface area contributed by atoms with Crippen molar-refractivity contribution in [2.24, 2.45) is 5.92 Å². The van der Waals surface area contributed by atoms with Crippen molar-refractivity contribution in [3.05, 3.63) is 12.2 Å². The number of likely N-dealkylation sites (tertiary alicyclic amines) is 1. The predicted molar refractivity (Wildman–Crippen MR) is 92.5 cm³/mol. The number of amides is 1. The molecule has 0 bridgehead atoms. The van der Waals surface area contributed by atoms with Gasteiger partial charge in [0, 0.05) is 26.1 Å². The topological polar surface area (TPSA) is 72.3 Å². The molecule has 0 saturated carbocycles. The van der Waals surface area contributed by atoms with E-state index in [9.17, 15) is 4.79 Å². The molecule has 0 spiro atoms. The Labute approximate surface area is 144 Å².